The summed E-state index contributed by atoms with van der Waals surface area (Å²) in [4.78, 5) is 12.5. The maximum absolute atomic E-state index is 15.1. The smallest absolute Gasteiger partial charge is 0.382 e. The van der Waals surface area contributed by atoms with Gasteiger partial charge in [-0.05, 0) is 48.0 Å². The SMILES string of the molecule is NC(=O)N(c1ccc(-c2cccc3[nH]nc(N)c23)c(F)c1)c1cc(C(F)(F)F)ccc1F. The van der Waals surface area contributed by atoms with Gasteiger partial charge < -0.3 is 11.5 Å². The number of hydrogen-bond donors (Lipinski definition) is 3. The molecule has 11 heteroatoms. The highest BCUT2D eigenvalue weighted by atomic mass is 19.4. The molecule has 5 N–H and O–H groups in total. The summed E-state index contributed by atoms with van der Waals surface area (Å²) >= 11 is 0. The average molecular weight is 447 g/mol. The van der Waals surface area contributed by atoms with Crippen molar-refractivity contribution in [2.45, 2.75) is 6.18 Å². The number of hydrogen-bond acceptors (Lipinski definition) is 3. The third kappa shape index (κ3) is 3.57. The number of rotatable bonds is 3. The molecule has 2 amide bonds. The van der Waals surface area contributed by atoms with Gasteiger partial charge in [0.05, 0.1) is 27.8 Å². The summed E-state index contributed by atoms with van der Waals surface area (Å²) in [7, 11) is 0. The number of primary amides is 1. The normalized spacial score (nSPS) is 11.7. The topological polar surface area (TPSA) is 101 Å². The lowest BCUT2D eigenvalue weighted by atomic mass is 10.00. The summed E-state index contributed by atoms with van der Waals surface area (Å²) in [6.07, 6.45) is -4.79. The molecule has 0 bridgehead atoms. The zero-order valence-corrected chi connectivity index (χ0v) is 16.0. The second kappa shape index (κ2) is 7.52. The molecule has 0 fully saturated rings. The molecule has 164 valence electrons. The standard InChI is InChI=1S/C21H14F5N5O/c22-14-7-4-10(21(24,25)26)8-17(14)31(20(28)32)11-5-6-12(15(23)9-11)13-2-1-3-16-18(13)19(27)30-29-16/h1-9H,(H2,28,32)(H3,27,29,30). The van der Waals surface area contributed by atoms with Crippen LogP contribution in [-0.2, 0) is 6.18 Å². The Morgan fingerprint density at radius 2 is 1.72 bits per heavy atom. The summed E-state index contributed by atoms with van der Waals surface area (Å²) in [5, 5.41) is 7.06. The highest BCUT2D eigenvalue weighted by molar-refractivity contribution is 6.02. The fraction of sp³-hybridized carbons (Fsp3) is 0.0476. The molecule has 6 nitrogen and oxygen atoms in total. The number of nitrogen functional groups attached to an aromatic ring is 1. The van der Waals surface area contributed by atoms with Crippen molar-refractivity contribution in [2.75, 3.05) is 10.6 Å². The number of fused-ring (bicyclic) bond motifs is 1. The van der Waals surface area contributed by atoms with Crippen LogP contribution in [0.4, 0.5) is 43.9 Å². The minimum absolute atomic E-state index is 0.0846. The number of nitrogens with one attached hydrogen (secondary N) is 1. The minimum Gasteiger partial charge on any atom is -0.382 e. The van der Waals surface area contributed by atoms with E-state index in [1.54, 1.807) is 18.2 Å². The van der Waals surface area contributed by atoms with E-state index in [4.69, 9.17) is 11.5 Å². The Hall–Kier alpha value is -4.15. The maximum atomic E-state index is 15.1. The zero-order valence-electron chi connectivity index (χ0n) is 16.0. The van der Waals surface area contributed by atoms with E-state index in [0.717, 1.165) is 6.07 Å². The molecular weight excluding hydrogens is 433 g/mol. The lowest BCUT2D eigenvalue weighted by molar-refractivity contribution is -0.137. The molecule has 0 aliphatic carbocycles. The largest absolute Gasteiger partial charge is 0.416 e. The van der Waals surface area contributed by atoms with Crippen LogP contribution in [0.25, 0.3) is 22.0 Å². The van der Waals surface area contributed by atoms with Crippen molar-refractivity contribution in [3.8, 4) is 11.1 Å². The van der Waals surface area contributed by atoms with Gasteiger partial charge in [0.15, 0.2) is 5.82 Å². The summed E-state index contributed by atoms with van der Waals surface area (Å²) in [5.41, 5.74) is 9.98. The first kappa shape index (κ1) is 21.1. The molecule has 32 heavy (non-hydrogen) atoms. The molecule has 0 aliphatic rings. The number of urea groups is 1. The predicted octanol–water partition coefficient (Wildman–Crippen LogP) is 5.33. The number of alkyl halides is 3. The van der Waals surface area contributed by atoms with Crippen molar-refractivity contribution < 1.29 is 26.7 Å². The van der Waals surface area contributed by atoms with Crippen LogP contribution in [0.3, 0.4) is 0 Å². The first-order valence-electron chi connectivity index (χ1n) is 9.06. The van der Waals surface area contributed by atoms with Crippen LogP contribution >= 0.6 is 0 Å². The number of amides is 2. The van der Waals surface area contributed by atoms with E-state index >= 15 is 4.39 Å². The van der Waals surface area contributed by atoms with Crippen LogP contribution in [0, 0.1) is 11.6 Å². The molecule has 0 saturated heterocycles. The Kier molecular flexibility index (Phi) is 4.96. The molecule has 1 heterocycles. The van der Waals surface area contributed by atoms with Crippen LogP contribution in [0.15, 0.2) is 54.6 Å². The average Bonchev–Trinajstić information content (AvgIpc) is 3.10. The second-order valence-electron chi connectivity index (χ2n) is 6.84. The first-order chi connectivity index (χ1) is 15.1. The molecule has 0 atom stereocenters. The number of carbonyl (C=O) groups is 1. The molecule has 4 aromatic rings. The monoisotopic (exact) mass is 447 g/mol. The van der Waals surface area contributed by atoms with Gasteiger partial charge in [-0.3, -0.25) is 10.00 Å². The lowest BCUT2D eigenvalue weighted by Crippen LogP contribution is -2.32. The van der Waals surface area contributed by atoms with E-state index < -0.39 is 35.1 Å². The third-order valence-corrected chi connectivity index (χ3v) is 4.85. The van der Waals surface area contributed by atoms with Crippen molar-refractivity contribution in [1.29, 1.82) is 0 Å². The van der Waals surface area contributed by atoms with Gasteiger partial charge in [0, 0.05) is 5.56 Å². The Morgan fingerprint density at radius 3 is 2.38 bits per heavy atom. The summed E-state index contributed by atoms with van der Waals surface area (Å²) in [6.45, 7) is 0. The van der Waals surface area contributed by atoms with Crippen LogP contribution in [0.1, 0.15) is 5.56 Å². The second-order valence-corrected chi connectivity index (χ2v) is 6.84. The van der Waals surface area contributed by atoms with Gasteiger partial charge >= 0.3 is 12.2 Å². The molecule has 4 rings (SSSR count). The molecule has 0 radical (unpaired) electrons. The van der Waals surface area contributed by atoms with Gasteiger partial charge in [0.2, 0.25) is 0 Å². The summed E-state index contributed by atoms with van der Waals surface area (Å²) < 4.78 is 68.6. The minimum atomic E-state index is -4.79. The highest BCUT2D eigenvalue weighted by Crippen LogP contribution is 2.38. The first-order valence-corrected chi connectivity index (χ1v) is 9.06. The van der Waals surface area contributed by atoms with Crippen molar-refractivity contribution in [3.63, 3.8) is 0 Å². The third-order valence-electron chi connectivity index (χ3n) is 4.85. The van der Waals surface area contributed by atoms with Crippen LogP contribution in [0.5, 0.6) is 0 Å². The van der Waals surface area contributed by atoms with Crippen molar-refractivity contribution in [1.82, 2.24) is 10.2 Å². The number of carbonyl (C=O) groups excluding carboxylic acids is 1. The van der Waals surface area contributed by atoms with E-state index in [0.29, 0.717) is 39.6 Å². The molecule has 0 aliphatic heterocycles. The Balaban J connectivity index is 1.84. The molecular formula is C21H14F5N5O. The molecule has 1 aromatic heterocycles. The van der Waals surface area contributed by atoms with Crippen LogP contribution in [0.2, 0.25) is 0 Å². The highest BCUT2D eigenvalue weighted by Gasteiger charge is 2.32. The number of nitrogens with two attached hydrogens (primary N) is 2. The van der Waals surface area contributed by atoms with E-state index in [-0.39, 0.29) is 17.1 Å². The van der Waals surface area contributed by atoms with Gasteiger partial charge in [-0.1, -0.05) is 12.1 Å². The summed E-state index contributed by atoms with van der Waals surface area (Å²) in [6, 6.07) is 8.55. The zero-order chi connectivity index (χ0) is 23.2. The molecule has 0 spiro atoms. The van der Waals surface area contributed by atoms with Crippen LogP contribution < -0.4 is 16.4 Å². The van der Waals surface area contributed by atoms with Crippen molar-refractivity contribution in [2.24, 2.45) is 5.73 Å². The van der Waals surface area contributed by atoms with Crippen molar-refractivity contribution in [3.05, 3.63) is 71.8 Å². The molecule has 0 unspecified atom stereocenters. The molecule has 3 aromatic carbocycles. The number of aromatic nitrogens is 2. The number of halogens is 5. The van der Waals surface area contributed by atoms with Gasteiger partial charge in [-0.15, -0.1) is 0 Å². The predicted molar refractivity (Wildman–Crippen MR) is 109 cm³/mol. The fourth-order valence-electron chi connectivity index (χ4n) is 3.43. The lowest BCUT2D eigenvalue weighted by Gasteiger charge is -2.23. The van der Waals surface area contributed by atoms with Gasteiger partial charge in [-0.2, -0.15) is 18.3 Å². The number of H-pyrrole nitrogens is 1. The molecule has 0 saturated carbocycles. The Labute approximate surface area is 177 Å². The maximum Gasteiger partial charge on any atom is 0.416 e. The summed E-state index contributed by atoms with van der Waals surface area (Å²) in [5.74, 6) is -1.84. The quantitative estimate of drug-likeness (QED) is 0.370. The van der Waals surface area contributed by atoms with Crippen LogP contribution in [-0.4, -0.2) is 16.2 Å². The van der Waals surface area contributed by atoms with E-state index in [1.807, 2.05) is 0 Å². The Bertz CT molecular complexity index is 1350. The van der Waals surface area contributed by atoms with Gasteiger partial charge in [0.25, 0.3) is 0 Å². The van der Waals surface area contributed by atoms with E-state index in [9.17, 15) is 22.4 Å². The fourth-order valence-corrected chi connectivity index (χ4v) is 3.43. The number of anilines is 3. The van der Waals surface area contributed by atoms with Crippen molar-refractivity contribution >= 4 is 34.1 Å². The Morgan fingerprint density at radius 1 is 0.969 bits per heavy atom. The van der Waals surface area contributed by atoms with E-state index in [2.05, 4.69) is 10.2 Å². The number of aromatic amines is 1. The van der Waals surface area contributed by atoms with E-state index in [1.165, 1.54) is 12.1 Å². The number of nitrogens with zero attached hydrogens (tertiary/aromatic N) is 2. The number of benzene rings is 3. The van der Waals surface area contributed by atoms with Gasteiger partial charge in [-0.25, -0.2) is 13.6 Å². The van der Waals surface area contributed by atoms with Gasteiger partial charge in [0.1, 0.15) is 11.6 Å².